The molecule has 0 N–H and O–H groups in total. The molecule has 4 heteroatoms. The first-order valence-corrected chi connectivity index (χ1v) is 8.91. The predicted octanol–water partition coefficient (Wildman–Crippen LogP) is 3.05. The molecule has 1 saturated carbocycles. The minimum absolute atomic E-state index is 0.156. The van der Waals surface area contributed by atoms with Crippen molar-refractivity contribution < 1.29 is 9.18 Å². The van der Waals surface area contributed by atoms with Crippen molar-refractivity contribution in [1.82, 2.24) is 9.80 Å². The summed E-state index contributed by atoms with van der Waals surface area (Å²) in [6.07, 6.45) is 6.07. The molecule has 2 aliphatic heterocycles. The summed E-state index contributed by atoms with van der Waals surface area (Å²) in [5.41, 5.74) is 0.733. The number of benzene rings is 1. The van der Waals surface area contributed by atoms with E-state index >= 15 is 0 Å². The van der Waals surface area contributed by atoms with Crippen molar-refractivity contribution in [3.05, 3.63) is 35.6 Å². The number of hydrogen-bond acceptors (Lipinski definition) is 2. The molecular formula is C19H25FN2O. The normalized spacial score (nSPS) is 28.7. The number of rotatable bonds is 4. The number of nitrogens with zero attached hydrogens (tertiary/aromatic N) is 2. The summed E-state index contributed by atoms with van der Waals surface area (Å²) in [6, 6.07) is 6.61. The standard InChI is InChI=1S/C19H25FN2O/c20-17-6-2-5-16(11-17)13-22-10-8-19(18(22)23)7-9-21(14-19)12-15-3-1-4-15/h2,5-6,11,15H,1,3-4,7-10,12-14H2/t19-/m1/s1. The van der Waals surface area contributed by atoms with E-state index < -0.39 is 0 Å². The molecule has 0 bridgehead atoms. The van der Waals surface area contributed by atoms with E-state index in [0.29, 0.717) is 6.54 Å². The van der Waals surface area contributed by atoms with Gasteiger partial charge in [0, 0.05) is 26.2 Å². The molecule has 3 nitrogen and oxygen atoms in total. The number of carbonyl (C=O) groups excluding carboxylic acids is 1. The summed E-state index contributed by atoms with van der Waals surface area (Å²) in [4.78, 5) is 17.4. The number of carbonyl (C=O) groups is 1. The molecule has 0 aromatic heterocycles. The lowest BCUT2D eigenvalue weighted by Gasteiger charge is -2.31. The Morgan fingerprint density at radius 3 is 2.78 bits per heavy atom. The Labute approximate surface area is 137 Å². The third-order valence-electron chi connectivity index (χ3n) is 6.04. The van der Waals surface area contributed by atoms with Crippen molar-refractivity contribution in [2.24, 2.45) is 11.3 Å². The van der Waals surface area contributed by atoms with Gasteiger partial charge in [-0.05, 0) is 55.8 Å². The Bertz CT molecular complexity index is 601. The van der Waals surface area contributed by atoms with Crippen LogP contribution in [0.4, 0.5) is 4.39 Å². The highest BCUT2D eigenvalue weighted by atomic mass is 19.1. The third kappa shape index (κ3) is 2.89. The van der Waals surface area contributed by atoms with Gasteiger partial charge in [0.1, 0.15) is 5.82 Å². The Kier molecular flexibility index (Phi) is 3.88. The van der Waals surface area contributed by atoms with E-state index in [4.69, 9.17) is 0 Å². The summed E-state index contributed by atoms with van der Waals surface area (Å²) in [5.74, 6) is 0.930. The van der Waals surface area contributed by atoms with Gasteiger partial charge in [-0.1, -0.05) is 18.6 Å². The van der Waals surface area contributed by atoms with Crippen LogP contribution in [0.15, 0.2) is 24.3 Å². The van der Waals surface area contributed by atoms with Crippen molar-refractivity contribution in [2.75, 3.05) is 26.2 Å². The molecule has 1 atom stereocenters. The van der Waals surface area contributed by atoms with Crippen LogP contribution in [0.3, 0.4) is 0 Å². The molecule has 0 radical (unpaired) electrons. The summed E-state index contributed by atoms with van der Waals surface area (Å²) in [6.45, 7) is 4.53. The maximum Gasteiger partial charge on any atom is 0.230 e. The SMILES string of the molecule is O=C1N(Cc2cccc(F)c2)CC[C@@]12CCN(CC1CCC1)C2. The highest BCUT2D eigenvalue weighted by Crippen LogP contribution is 2.42. The van der Waals surface area contributed by atoms with Crippen LogP contribution in [-0.2, 0) is 11.3 Å². The van der Waals surface area contributed by atoms with Gasteiger partial charge >= 0.3 is 0 Å². The zero-order valence-electron chi connectivity index (χ0n) is 13.6. The lowest BCUT2D eigenvalue weighted by atomic mass is 9.84. The summed E-state index contributed by atoms with van der Waals surface area (Å²) < 4.78 is 13.3. The van der Waals surface area contributed by atoms with Gasteiger partial charge in [-0.3, -0.25) is 4.79 Å². The average molecular weight is 316 g/mol. The number of halogens is 1. The predicted molar refractivity (Wildman–Crippen MR) is 87.3 cm³/mol. The lowest BCUT2D eigenvalue weighted by Crippen LogP contribution is -2.38. The van der Waals surface area contributed by atoms with E-state index in [1.54, 1.807) is 6.07 Å². The van der Waals surface area contributed by atoms with Crippen LogP contribution in [-0.4, -0.2) is 41.9 Å². The number of amides is 1. The minimum atomic E-state index is -0.226. The number of hydrogen-bond donors (Lipinski definition) is 0. The fourth-order valence-electron chi connectivity index (χ4n) is 4.43. The molecule has 0 unspecified atom stereocenters. The highest BCUT2D eigenvalue weighted by Gasteiger charge is 2.50. The lowest BCUT2D eigenvalue weighted by molar-refractivity contribution is -0.136. The van der Waals surface area contributed by atoms with Gasteiger partial charge in [0.2, 0.25) is 5.91 Å². The second-order valence-electron chi connectivity index (χ2n) is 7.67. The summed E-state index contributed by atoms with van der Waals surface area (Å²) in [7, 11) is 0. The average Bonchev–Trinajstić information content (AvgIpc) is 3.03. The van der Waals surface area contributed by atoms with E-state index in [9.17, 15) is 9.18 Å². The molecule has 1 aromatic rings. The molecule has 1 spiro atoms. The van der Waals surface area contributed by atoms with Gasteiger partial charge in [-0.2, -0.15) is 0 Å². The maximum atomic E-state index is 13.3. The molecule has 3 aliphatic rings. The maximum absolute atomic E-state index is 13.3. The van der Waals surface area contributed by atoms with Crippen LogP contribution >= 0.6 is 0 Å². The van der Waals surface area contributed by atoms with Crippen LogP contribution in [0.2, 0.25) is 0 Å². The summed E-state index contributed by atoms with van der Waals surface area (Å²) >= 11 is 0. The zero-order valence-corrected chi connectivity index (χ0v) is 13.6. The minimum Gasteiger partial charge on any atom is -0.338 e. The van der Waals surface area contributed by atoms with Crippen molar-refractivity contribution >= 4 is 5.91 Å². The molecule has 2 saturated heterocycles. The molecular weight excluding hydrogens is 291 g/mol. The van der Waals surface area contributed by atoms with Gasteiger partial charge in [-0.15, -0.1) is 0 Å². The third-order valence-corrected chi connectivity index (χ3v) is 6.04. The zero-order chi connectivity index (χ0) is 15.9. The van der Waals surface area contributed by atoms with Crippen molar-refractivity contribution in [2.45, 2.75) is 38.6 Å². The van der Waals surface area contributed by atoms with Gasteiger partial charge in [0.05, 0.1) is 5.41 Å². The van der Waals surface area contributed by atoms with Crippen LogP contribution in [0.5, 0.6) is 0 Å². The molecule has 124 valence electrons. The largest absolute Gasteiger partial charge is 0.338 e. The molecule has 3 fully saturated rings. The van der Waals surface area contributed by atoms with Crippen molar-refractivity contribution in [3.8, 4) is 0 Å². The monoisotopic (exact) mass is 316 g/mol. The van der Waals surface area contributed by atoms with Gasteiger partial charge in [0.15, 0.2) is 0 Å². The molecule has 2 heterocycles. The topological polar surface area (TPSA) is 23.6 Å². The van der Waals surface area contributed by atoms with Crippen LogP contribution < -0.4 is 0 Å². The second-order valence-corrected chi connectivity index (χ2v) is 7.67. The Hall–Kier alpha value is -1.42. The number of likely N-dealkylation sites (tertiary alicyclic amines) is 2. The first kappa shape index (κ1) is 15.1. The quantitative estimate of drug-likeness (QED) is 0.852. The van der Waals surface area contributed by atoms with E-state index in [-0.39, 0.29) is 17.1 Å². The van der Waals surface area contributed by atoms with Gasteiger partial charge < -0.3 is 9.80 Å². The van der Waals surface area contributed by atoms with Gasteiger partial charge in [-0.25, -0.2) is 4.39 Å². The van der Waals surface area contributed by atoms with Crippen LogP contribution in [0, 0.1) is 17.2 Å². The molecule has 1 aromatic carbocycles. The van der Waals surface area contributed by atoms with E-state index in [1.165, 1.54) is 37.9 Å². The Balaban J connectivity index is 1.39. The second kappa shape index (κ2) is 5.90. The first-order valence-electron chi connectivity index (χ1n) is 8.91. The van der Waals surface area contributed by atoms with Crippen molar-refractivity contribution in [3.63, 3.8) is 0 Å². The summed E-state index contributed by atoms with van der Waals surface area (Å²) in [5, 5.41) is 0. The smallest absolute Gasteiger partial charge is 0.230 e. The van der Waals surface area contributed by atoms with E-state index in [2.05, 4.69) is 4.90 Å². The Morgan fingerprint density at radius 2 is 2.04 bits per heavy atom. The van der Waals surface area contributed by atoms with E-state index in [0.717, 1.165) is 44.0 Å². The molecule has 23 heavy (non-hydrogen) atoms. The Morgan fingerprint density at radius 1 is 1.22 bits per heavy atom. The highest BCUT2D eigenvalue weighted by molar-refractivity contribution is 5.85. The molecule has 1 amide bonds. The van der Waals surface area contributed by atoms with Crippen LogP contribution in [0.25, 0.3) is 0 Å². The molecule has 4 rings (SSSR count). The van der Waals surface area contributed by atoms with Crippen molar-refractivity contribution in [1.29, 1.82) is 0 Å². The van der Waals surface area contributed by atoms with Crippen LogP contribution in [0.1, 0.15) is 37.7 Å². The first-order chi connectivity index (χ1) is 11.1. The van der Waals surface area contributed by atoms with E-state index in [1.807, 2.05) is 11.0 Å². The fourth-order valence-corrected chi connectivity index (χ4v) is 4.43. The molecule has 1 aliphatic carbocycles. The van der Waals surface area contributed by atoms with Gasteiger partial charge in [0.25, 0.3) is 0 Å². The fraction of sp³-hybridized carbons (Fsp3) is 0.632.